The van der Waals surface area contributed by atoms with Gasteiger partial charge in [0.2, 0.25) is 5.91 Å². The predicted molar refractivity (Wildman–Crippen MR) is 112 cm³/mol. The van der Waals surface area contributed by atoms with Crippen molar-refractivity contribution < 1.29 is 14.6 Å². The van der Waals surface area contributed by atoms with Crippen LogP contribution in [0.25, 0.3) is 0 Å². The van der Waals surface area contributed by atoms with E-state index in [2.05, 4.69) is 34.8 Å². The fraction of sp³-hybridized carbons (Fsp3) is 0.167. The molecule has 0 spiro atoms. The van der Waals surface area contributed by atoms with Crippen molar-refractivity contribution in [1.29, 1.82) is 0 Å². The van der Waals surface area contributed by atoms with E-state index in [1.54, 1.807) is 12.1 Å². The molecule has 0 heterocycles. The molecule has 1 atom stereocenters. The van der Waals surface area contributed by atoms with Crippen LogP contribution in [0.4, 0.5) is 0 Å². The number of hydrogen-bond acceptors (Lipinski definition) is 4. The van der Waals surface area contributed by atoms with E-state index < -0.39 is 0 Å². The Morgan fingerprint density at radius 2 is 1.69 bits per heavy atom. The highest BCUT2D eigenvalue weighted by molar-refractivity contribution is 5.88. The molecule has 0 aromatic heterocycles. The zero-order valence-electron chi connectivity index (χ0n) is 16.1. The van der Waals surface area contributed by atoms with Gasteiger partial charge in [0.1, 0.15) is 0 Å². The lowest BCUT2D eigenvalue weighted by Crippen LogP contribution is -2.25. The second-order valence-electron chi connectivity index (χ2n) is 7.13. The lowest BCUT2D eigenvalue weighted by molar-refractivity contribution is -0.122. The second-order valence-corrected chi connectivity index (χ2v) is 7.13. The number of carbonyl (C=O) groups excluding carboxylic acids is 1. The topological polar surface area (TPSA) is 70.9 Å². The number of carbonyl (C=O) groups is 1. The number of amides is 1. The van der Waals surface area contributed by atoms with Crippen molar-refractivity contribution in [2.45, 2.75) is 11.8 Å². The van der Waals surface area contributed by atoms with Gasteiger partial charge in [-0.3, -0.25) is 4.79 Å². The first kappa shape index (κ1) is 18.7. The number of phenolic OH excluding ortho intramolecular Hbond substituents is 1. The molecule has 29 heavy (non-hydrogen) atoms. The largest absolute Gasteiger partial charge is 0.504 e. The van der Waals surface area contributed by atoms with E-state index in [1.807, 2.05) is 36.4 Å². The first-order valence-electron chi connectivity index (χ1n) is 9.46. The monoisotopic (exact) mass is 386 g/mol. The molecule has 0 radical (unpaired) electrons. The molecule has 146 valence electrons. The molecule has 4 rings (SSSR count). The Bertz CT molecular complexity index is 993. The summed E-state index contributed by atoms with van der Waals surface area (Å²) in [5, 5.41) is 13.8. The summed E-state index contributed by atoms with van der Waals surface area (Å²) in [7, 11) is 1.48. The molecule has 0 unspecified atom stereocenters. The van der Waals surface area contributed by atoms with E-state index >= 15 is 0 Å². The maximum absolute atomic E-state index is 12.8. The molecule has 1 aliphatic rings. The van der Waals surface area contributed by atoms with Gasteiger partial charge in [-0.05, 0) is 41.3 Å². The SMILES string of the molecule is COc1cc(/C=N/NC(=O)[C@H]2CC2(c2ccccc2)c2ccccc2)ccc1O. The summed E-state index contributed by atoms with van der Waals surface area (Å²) in [5.74, 6) is 0.121. The Morgan fingerprint density at radius 1 is 1.07 bits per heavy atom. The van der Waals surface area contributed by atoms with Gasteiger partial charge in [-0.15, -0.1) is 0 Å². The van der Waals surface area contributed by atoms with Crippen molar-refractivity contribution in [2.75, 3.05) is 7.11 Å². The van der Waals surface area contributed by atoms with Crippen LogP contribution in [0, 0.1) is 5.92 Å². The van der Waals surface area contributed by atoms with E-state index in [9.17, 15) is 9.90 Å². The smallest absolute Gasteiger partial charge is 0.244 e. The van der Waals surface area contributed by atoms with Gasteiger partial charge in [-0.25, -0.2) is 5.43 Å². The molecule has 5 nitrogen and oxygen atoms in total. The summed E-state index contributed by atoms with van der Waals surface area (Å²) in [6, 6.07) is 25.2. The summed E-state index contributed by atoms with van der Waals surface area (Å²) >= 11 is 0. The van der Waals surface area contributed by atoms with E-state index in [0.717, 1.165) is 17.5 Å². The summed E-state index contributed by atoms with van der Waals surface area (Å²) in [6.07, 6.45) is 2.28. The Kier molecular flexibility index (Phi) is 5.04. The third-order valence-corrected chi connectivity index (χ3v) is 5.45. The molecule has 3 aromatic rings. The Morgan fingerprint density at radius 3 is 2.28 bits per heavy atom. The van der Waals surface area contributed by atoms with Gasteiger partial charge in [0.15, 0.2) is 11.5 Å². The van der Waals surface area contributed by atoms with Crippen molar-refractivity contribution >= 4 is 12.1 Å². The van der Waals surface area contributed by atoms with Crippen molar-refractivity contribution in [3.8, 4) is 11.5 Å². The van der Waals surface area contributed by atoms with Gasteiger partial charge in [0.25, 0.3) is 0 Å². The molecule has 1 aliphatic carbocycles. The first-order valence-corrected chi connectivity index (χ1v) is 9.46. The summed E-state index contributed by atoms with van der Waals surface area (Å²) in [5.41, 5.74) is 5.34. The van der Waals surface area contributed by atoms with Crippen LogP contribution in [0.15, 0.2) is 84.0 Å². The number of nitrogens with one attached hydrogen (secondary N) is 1. The summed E-state index contributed by atoms with van der Waals surface area (Å²) in [4.78, 5) is 12.8. The van der Waals surface area contributed by atoms with Crippen molar-refractivity contribution in [3.05, 3.63) is 95.6 Å². The number of methoxy groups -OCH3 is 1. The molecule has 1 saturated carbocycles. The fourth-order valence-corrected chi connectivity index (χ4v) is 3.88. The predicted octanol–water partition coefficient (Wildman–Crippen LogP) is 3.86. The van der Waals surface area contributed by atoms with Crippen molar-refractivity contribution in [1.82, 2.24) is 5.43 Å². The molecule has 5 heteroatoms. The number of phenols is 1. The molecular formula is C24H22N2O3. The van der Waals surface area contributed by atoms with E-state index in [1.165, 1.54) is 19.4 Å². The third kappa shape index (κ3) is 3.59. The lowest BCUT2D eigenvalue weighted by Gasteiger charge is -2.18. The minimum atomic E-state index is -0.316. The molecule has 3 aromatic carbocycles. The Hall–Kier alpha value is -3.60. The van der Waals surface area contributed by atoms with Crippen LogP contribution < -0.4 is 10.2 Å². The minimum absolute atomic E-state index is 0.0576. The van der Waals surface area contributed by atoms with Crippen LogP contribution in [-0.4, -0.2) is 24.3 Å². The van der Waals surface area contributed by atoms with Gasteiger partial charge in [-0.2, -0.15) is 5.10 Å². The number of benzene rings is 3. The van der Waals surface area contributed by atoms with Crippen molar-refractivity contribution in [3.63, 3.8) is 0 Å². The Balaban J connectivity index is 1.52. The van der Waals surface area contributed by atoms with E-state index in [0.29, 0.717) is 11.3 Å². The van der Waals surface area contributed by atoms with Gasteiger partial charge < -0.3 is 9.84 Å². The van der Waals surface area contributed by atoms with Crippen LogP contribution in [0.1, 0.15) is 23.1 Å². The van der Waals surface area contributed by atoms with Gasteiger partial charge in [0.05, 0.1) is 19.2 Å². The van der Waals surface area contributed by atoms with Crippen LogP contribution in [0.3, 0.4) is 0 Å². The Labute approximate surface area is 169 Å². The fourth-order valence-electron chi connectivity index (χ4n) is 3.88. The number of aromatic hydroxyl groups is 1. The van der Waals surface area contributed by atoms with Crippen LogP contribution in [0.2, 0.25) is 0 Å². The van der Waals surface area contributed by atoms with Crippen LogP contribution >= 0.6 is 0 Å². The molecule has 1 amide bonds. The number of ether oxygens (including phenoxy) is 1. The maximum atomic E-state index is 12.8. The average Bonchev–Trinajstić information content (AvgIpc) is 3.53. The highest BCUT2D eigenvalue weighted by Crippen LogP contribution is 2.58. The summed E-state index contributed by atoms with van der Waals surface area (Å²) in [6.45, 7) is 0. The second kappa shape index (κ2) is 7.80. The number of hydrazone groups is 1. The molecule has 2 N–H and O–H groups in total. The quantitative estimate of drug-likeness (QED) is 0.499. The zero-order chi connectivity index (χ0) is 20.3. The maximum Gasteiger partial charge on any atom is 0.244 e. The lowest BCUT2D eigenvalue weighted by atomic mass is 9.85. The normalized spacial score (nSPS) is 17.1. The van der Waals surface area contributed by atoms with Crippen LogP contribution in [0.5, 0.6) is 11.5 Å². The number of rotatable bonds is 6. The van der Waals surface area contributed by atoms with E-state index in [-0.39, 0.29) is 23.0 Å². The van der Waals surface area contributed by atoms with Gasteiger partial charge in [0, 0.05) is 5.41 Å². The minimum Gasteiger partial charge on any atom is -0.504 e. The molecular weight excluding hydrogens is 364 g/mol. The first-order chi connectivity index (χ1) is 14.1. The average molecular weight is 386 g/mol. The summed E-state index contributed by atoms with van der Waals surface area (Å²) < 4.78 is 5.09. The standard InChI is InChI=1S/C24H22N2O3/c1-29-22-14-17(12-13-21(22)27)16-25-26-23(28)20-15-24(20,18-8-4-2-5-9-18)19-10-6-3-7-11-19/h2-14,16,20,27H,15H2,1H3,(H,26,28)/b25-16+/t20-/m1/s1. The highest BCUT2D eigenvalue weighted by atomic mass is 16.5. The molecule has 0 aliphatic heterocycles. The third-order valence-electron chi connectivity index (χ3n) is 5.45. The van der Waals surface area contributed by atoms with Gasteiger partial charge in [-0.1, -0.05) is 60.7 Å². The van der Waals surface area contributed by atoms with E-state index in [4.69, 9.17) is 4.74 Å². The van der Waals surface area contributed by atoms with Crippen molar-refractivity contribution in [2.24, 2.45) is 11.0 Å². The zero-order valence-corrected chi connectivity index (χ0v) is 16.1. The number of hydrogen-bond donors (Lipinski definition) is 2. The molecule has 1 fully saturated rings. The highest BCUT2D eigenvalue weighted by Gasteiger charge is 2.60. The number of nitrogens with zero attached hydrogens (tertiary/aromatic N) is 1. The van der Waals surface area contributed by atoms with Crippen LogP contribution in [-0.2, 0) is 10.2 Å². The molecule has 0 bridgehead atoms. The van der Waals surface area contributed by atoms with Gasteiger partial charge >= 0.3 is 0 Å². The molecule has 0 saturated heterocycles.